The van der Waals surface area contributed by atoms with Crippen LogP contribution in [0.3, 0.4) is 0 Å². The fourth-order valence-corrected chi connectivity index (χ4v) is 4.12. The second-order valence-electron chi connectivity index (χ2n) is 8.33. The third-order valence-electron chi connectivity index (χ3n) is 4.75. The zero-order valence-electron chi connectivity index (χ0n) is 17.6. The van der Waals surface area contributed by atoms with Gasteiger partial charge in [-0.25, -0.2) is 9.78 Å². The first-order chi connectivity index (χ1) is 14.2. The van der Waals surface area contributed by atoms with E-state index in [-0.39, 0.29) is 11.7 Å². The molecule has 0 fully saturated rings. The molecule has 1 aromatic carbocycles. The van der Waals surface area contributed by atoms with Crippen molar-refractivity contribution in [2.24, 2.45) is 0 Å². The van der Waals surface area contributed by atoms with Crippen molar-refractivity contribution in [2.75, 3.05) is 5.32 Å². The predicted molar refractivity (Wildman–Crippen MR) is 116 cm³/mol. The smallest absolute Gasteiger partial charge is 0.410 e. The number of carbonyl (C=O) groups excluding carboxylic acids is 1. The average Bonchev–Trinajstić information content (AvgIpc) is 3.28. The summed E-state index contributed by atoms with van der Waals surface area (Å²) in [6.45, 7) is 9.24. The van der Waals surface area contributed by atoms with Crippen molar-refractivity contribution >= 4 is 27.5 Å². The highest BCUT2D eigenvalue weighted by atomic mass is 32.1. The summed E-state index contributed by atoms with van der Waals surface area (Å²) in [5.41, 5.74) is 3.42. The number of nitrogens with one attached hydrogen (secondary N) is 1. The van der Waals surface area contributed by atoms with Crippen LogP contribution in [-0.4, -0.2) is 31.2 Å². The van der Waals surface area contributed by atoms with Crippen LogP contribution in [0, 0.1) is 0 Å². The van der Waals surface area contributed by atoms with Gasteiger partial charge in [-0.3, -0.25) is 9.69 Å². The number of benzene rings is 1. The predicted octanol–water partition coefficient (Wildman–Crippen LogP) is 3.58. The number of ether oxygens (including phenoxy) is 1. The fraction of sp³-hybridized carbons (Fsp3) is 0.429. The number of nitrogens with zero attached hydrogens (tertiary/aromatic N) is 4. The molecule has 3 heterocycles. The van der Waals surface area contributed by atoms with Crippen LogP contribution in [0.1, 0.15) is 50.1 Å². The molecule has 0 atom stereocenters. The Morgan fingerprint density at radius 3 is 2.73 bits per heavy atom. The minimum atomic E-state index is -0.507. The number of amides is 1. The lowest BCUT2D eigenvalue weighted by Gasteiger charge is -2.24. The Bertz CT molecular complexity index is 1160. The van der Waals surface area contributed by atoms with E-state index in [9.17, 15) is 9.59 Å². The largest absolute Gasteiger partial charge is 0.444 e. The Balaban J connectivity index is 1.44. The van der Waals surface area contributed by atoms with E-state index < -0.39 is 5.60 Å². The van der Waals surface area contributed by atoms with Crippen molar-refractivity contribution in [3.05, 3.63) is 57.0 Å². The van der Waals surface area contributed by atoms with Gasteiger partial charge in [0.25, 0.3) is 5.56 Å². The van der Waals surface area contributed by atoms with Gasteiger partial charge in [-0.2, -0.15) is 4.52 Å². The van der Waals surface area contributed by atoms with Gasteiger partial charge in [-0.1, -0.05) is 36.5 Å². The van der Waals surface area contributed by atoms with E-state index in [0.29, 0.717) is 36.1 Å². The molecular weight excluding hydrogens is 402 g/mol. The Kier molecular flexibility index (Phi) is 5.23. The maximum atomic E-state index is 12.3. The number of carbonyl (C=O) groups is 1. The van der Waals surface area contributed by atoms with E-state index in [4.69, 9.17) is 4.74 Å². The molecule has 0 bridgehead atoms. The molecular formula is C21H25N5O3S. The van der Waals surface area contributed by atoms with Gasteiger partial charge in [-0.15, -0.1) is 5.10 Å². The summed E-state index contributed by atoms with van der Waals surface area (Å²) in [6, 6.07) is 7.71. The van der Waals surface area contributed by atoms with Gasteiger partial charge in [-0.05, 0) is 43.9 Å². The zero-order chi connectivity index (χ0) is 21.5. The lowest BCUT2D eigenvalue weighted by atomic mass is 10.1. The number of hydrogen-bond acceptors (Lipinski definition) is 7. The van der Waals surface area contributed by atoms with Crippen molar-refractivity contribution < 1.29 is 9.53 Å². The number of anilines is 1. The first-order valence-electron chi connectivity index (χ1n) is 9.94. The molecule has 0 aliphatic carbocycles. The van der Waals surface area contributed by atoms with Crippen LogP contribution in [0.15, 0.2) is 29.1 Å². The quantitative estimate of drug-likeness (QED) is 0.685. The Morgan fingerprint density at radius 1 is 1.23 bits per heavy atom. The summed E-state index contributed by atoms with van der Waals surface area (Å²) >= 11 is 1.36. The molecule has 1 aliphatic heterocycles. The highest BCUT2D eigenvalue weighted by Crippen LogP contribution is 2.26. The van der Waals surface area contributed by atoms with Crippen LogP contribution in [0.2, 0.25) is 0 Å². The Labute approximate surface area is 178 Å². The highest BCUT2D eigenvalue weighted by molar-refractivity contribution is 7.20. The number of aryl methyl sites for hydroxylation is 1. The minimum absolute atomic E-state index is 0.166. The van der Waals surface area contributed by atoms with Crippen molar-refractivity contribution in [1.82, 2.24) is 19.5 Å². The molecule has 9 heteroatoms. The summed E-state index contributed by atoms with van der Waals surface area (Å²) in [5.74, 6) is 0. The summed E-state index contributed by atoms with van der Waals surface area (Å²) in [5, 5.41) is 8.24. The Hall–Kier alpha value is -2.94. The molecule has 0 radical (unpaired) electrons. The molecule has 0 saturated heterocycles. The lowest BCUT2D eigenvalue weighted by molar-refractivity contribution is 0.0242. The van der Waals surface area contributed by atoms with Crippen molar-refractivity contribution in [1.29, 1.82) is 0 Å². The minimum Gasteiger partial charge on any atom is -0.444 e. The molecule has 3 aromatic rings. The van der Waals surface area contributed by atoms with Crippen LogP contribution >= 0.6 is 11.3 Å². The molecule has 8 nitrogen and oxygen atoms in total. The number of rotatable bonds is 4. The summed E-state index contributed by atoms with van der Waals surface area (Å²) < 4.78 is 6.80. The van der Waals surface area contributed by atoms with Crippen LogP contribution in [0.5, 0.6) is 0 Å². The fourth-order valence-electron chi connectivity index (χ4n) is 3.30. The SMILES string of the molecule is CCc1cc(=O)n2nc(NCc3ccc4c(c3)CN(C(=O)OC(C)(C)C)C4)sc2n1. The monoisotopic (exact) mass is 427 g/mol. The number of aromatic nitrogens is 3. The van der Waals surface area contributed by atoms with Gasteiger partial charge in [0, 0.05) is 31.4 Å². The maximum Gasteiger partial charge on any atom is 0.410 e. The lowest BCUT2D eigenvalue weighted by Crippen LogP contribution is -2.33. The van der Waals surface area contributed by atoms with Gasteiger partial charge in [0.15, 0.2) is 0 Å². The van der Waals surface area contributed by atoms with Crippen LogP contribution in [0.25, 0.3) is 4.96 Å². The molecule has 4 rings (SSSR count). The molecule has 2 aromatic heterocycles. The molecule has 0 unspecified atom stereocenters. The maximum absolute atomic E-state index is 12.3. The van der Waals surface area contributed by atoms with Gasteiger partial charge in [0.05, 0.1) is 0 Å². The van der Waals surface area contributed by atoms with Gasteiger partial charge in [0.1, 0.15) is 5.60 Å². The van der Waals surface area contributed by atoms with Crippen molar-refractivity contribution in [3.8, 4) is 0 Å². The van der Waals surface area contributed by atoms with E-state index in [1.807, 2.05) is 33.8 Å². The molecule has 1 aliphatic rings. The molecule has 158 valence electrons. The Morgan fingerprint density at radius 2 is 2.00 bits per heavy atom. The van der Waals surface area contributed by atoms with Crippen LogP contribution < -0.4 is 10.9 Å². The third-order valence-corrected chi connectivity index (χ3v) is 5.61. The van der Waals surface area contributed by atoms with E-state index in [1.54, 1.807) is 4.90 Å². The first kappa shape index (κ1) is 20.3. The van der Waals surface area contributed by atoms with E-state index in [1.165, 1.54) is 21.9 Å². The second-order valence-corrected chi connectivity index (χ2v) is 9.29. The topological polar surface area (TPSA) is 88.8 Å². The molecule has 1 N–H and O–H groups in total. The zero-order valence-corrected chi connectivity index (χ0v) is 18.4. The normalized spacial score (nSPS) is 13.5. The summed E-state index contributed by atoms with van der Waals surface area (Å²) in [6.07, 6.45) is 0.416. The molecule has 30 heavy (non-hydrogen) atoms. The standard InChI is InChI=1S/C21H25N5O3S/c1-5-16-9-17(27)26-19(23-16)30-18(24-26)22-10-13-6-7-14-11-25(12-15(14)8-13)20(28)29-21(2,3)4/h6-9H,5,10-12H2,1-4H3,(H,22,24). The van der Waals surface area contributed by atoms with Crippen molar-refractivity contribution in [2.45, 2.75) is 59.4 Å². The third kappa shape index (κ3) is 4.30. The van der Waals surface area contributed by atoms with E-state index >= 15 is 0 Å². The summed E-state index contributed by atoms with van der Waals surface area (Å²) in [4.78, 5) is 31.2. The van der Waals surface area contributed by atoms with E-state index in [0.717, 1.165) is 22.4 Å². The number of hydrogen-bond donors (Lipinski definition) is 1. The summed E-state index contributed by atoms with van der Waals surface area (Å²) in [7, 11) is 0. The van der Waals surface area contributed by atoms with Gasteiger partial charge in [0.2, 0.25) is 10.1 Å². The number of fused-ring (bicyclic) bond motifs is 2. The molecule has 0 saturated carbocycles. The van der Waals surface area contributed by atoms with Crippen LogP contribution in [-0.2, 0) is 30.8 Å². The van der Waals surface area contributed by atoms with Crippen molar-refractivity contribution in [3.63, 3.8) is 0 Å². The molecule has 0 spiro atoms. The second kappa shape index (κ2) is 7.71. The average molecular weight is 428 g/mol. The molecule has 1 amide bonds. The van der Waals surface area contributed by atoms with Gasteiger partial charge < -0.3 is 10.1 Å². The highest BCUT2D eigenvalue weighted by Gasteiger charge is 2.27. The van der Waals surface area contributed by atoms with Crippen LogP contribution in [0.4, 0.5) is 9.93 Å². The van der Waals surface area contributed by atoms with Gasteiger partial charge >= 0.3 is 6.09 Å². The first-order valence-corrected chi connectivity index (χ1v) is 10.8. The van der Waals surface area contributed by atoms with E-state index in [2.05, 4.69) is 27.5 Å².